The molecule has 16 heavy (non-hydrogen) atoms. The first-order chi connectivity index (χ1) is 7.61. The lowest BCUT2D eigenvalue weighted by Crippen LogP contribution is -1.98. The molecule has 0 spiro atoms. The molecule has 0 aromatic carbocycles. The molecule has 0 aliphatic rings. The third-order valence-electron chi connectivity index (χ3n) is 2.29. The Kier molecular flexibility index (Phi) is 2.60. The molecule has 0 amide bonds. The second-order valence-electron chi connectivity index (χ2n) is 3.31. The summed E-state index contributed by atoms with van der Waals surface area (Å²) in [6.45, 7) is 0. The molecule has 0 saturated carbocycles. The van der Waals surface area contributed by atoms with Crippen molar-refractivity contribution in [3.8, 4) is 0 Å². The summed E-state index contributed by atoms with van der Waals surface area (Å²) in [6.07, 6.45) is 0.515. The van der Waals surface area contributed by atoms with Gasteiger partial charge in [-0.1, -0.05) is 0 Å². The van der Waals surface area contributed by atoms with Crippen molar-refractivity contribution in [3.05, 3.63) is 41.7 Å². The van der Waals surface area contributed by atoms with E-state index in [4.69, 9.17) is 0 Å². The maximum absolute atomic E-state index is 12.4. The Bertz CT molecular complexity index is 534. The van der Waals surface area contributed by atoms with E-state index in [-0.39, 0.29) is 5.56 Å². The van der Waals surface area contributed by atoms with Crippen LogP contribution in [0.15, 0.2) is 30.6 Å². The van der Waals surface area contributed by atoms with E-state index in [1.165, 1.54) is 37.7 Å². The second kappa shape index (κ2) is 3.92. The van der Waals surface area contributed by atoms with Crippen molar-refractivity contribution in [3.63, 3.8) is 0 Å². The Balaban J connectivity index is 2.50. The molecule has 0 bridgehead atoms. The van der Waals surface area contributed by atoms with Gasteiger partial charge in [0.05, 0.1) is 12.7 Å². The quantitative estimate of drug-likeness (QED) is 0.735. The average molecular weight is 225 g/mol. The van der Waals surface area contributed by atoms with Gasteiger partial charge in [-0.15, -0.1) is 0 Å². The van der Waals surface area contributed by atoms with Gasteiger partial charge in [-0.2, -0.15) is 0 Å². The molecular formula is C11H9F2NO2. The monoisotopic (exact) mass is 225 g/mol. The Morgan fingerprint density at radius 2 is 2.19 bits per heavy atom. The number of halogens is 2. The predicted octanol–water partition coefficient (Wildman–Crippen LogP) is 2.66. The number of esters is 1. The Morgan fingerprint density at radius 1 is 1.44 bits per heavy atom. The van der Waals surface area contributed by atoms with E-state index >= 15 is 0 Å². The first kappa shape index (κ1) is 10.6. The van der Waals surface area contributed by atoms with Crippen LogP contribution >= 0.6 is 0 Å². The van der Waals surface area contributed by atoms with Gasteiger partial charge in [0.25, 0.3) is 6.43 Å². The first-order valence-electron chi connectivity index (χ1n) is 4.60. The molecule has 2 rings (SSSR count). The Hall–Kier alpha value is -1.91. The highest BCUT2D eigenvalue weighted by molar-refractivity contribution is 5.91. The lowest BCUT2D eigenvalue weighted by Gasteiger charge is -1.99. The van der Waals surface area contributed by atoms with E-state index < -0.39 is 12.4 Å². The maximum Gasteiger partial charge on any atom is 0.339 e. The molecule has 0 unspecified atom stereocenters. The van der Waals surface area contributed by atoms with Gasteiger partial charge >= 0.3 is 5.97 Å². The number of hydrogen-bond acceptors (Lipinski definition) is 2. The van der Waals surface area contributed by atoms with Crippen LogP contribution in [0.3, 0.4) is 0 Å². The molecule has 0 radical (unpaired) electrons. The number of hydrogen-bond donors (Lipinski definition) is 0. The number of carbonyl (C=O) groups excluding carboxylic acids is 1. The predicted molar refractivity (Wildman–Crippen MR) is 53.7 cm³/mol. The van der Waals surface area contributed by atoms with Gasteiger partial charge in [-0.25, -0.2) is 13.6 Å². The summed E-state index contributed by atoms with van der Waals surface area (Å²) < 4.78 is 31.0. The number of aromatic nitrogens is 1. The number of alkyl halides is 2. The molecule has 0 aliphatic carbocycles. The molecule has 2 aromatic heterocycles. The fourth-order valence-corrected chi connectivity index (χ4v) is 1.49. The fraction of sp³-hybridized carbons (Fsp3) is 0.182. The van der Waals surface area contributed by atoms with Gasteiger partial charge in [0.15, 0.2) is 0 Å². The van der Waals surface area contributed by atoms with Gasteiger partial charge in [-0.3, -0.25) is 0 Å². The number of rotatable bonds is 2. The van der Waals surface area contributed by atoms with E-state index in [1.54, 1.807) is 4.40 Å². The standard InChI is InChI=1S/C11H9F2NO2/c1-16-11(15)8-5-9-4-7(10(12)13)2-3-14(9)6-8/h2-6,10H,1H3. The number of pyridine rings is 1. The van der Waals surface area contributed by atoms with Crippen LogP contribution in [0, 0.1) is 0 Å². The second-order valence-corrected chi connectivity index (χ2v) is 3.31. The fourth-order valence-electron chi connectivity index (χ4n) is 1.49. The molecule has 5 heteroatoms. The molecule has 84 valence electrons. The smallest absolute Gasteiger partial charge is 0.339 e. The number of carbonyl (C=O) groups is 1. The molecule has 2 aromatic rings. The average Bonchev–Trinajstić information content (AvgIpc) is 2.70. The van der Waals surface area contributed by atoms with E-state index in [9.17, 15) is 13.6 Å². The van der Waals surface area contributed by atoms with Crippen molar-refractivity contribution >= 4 is 11.5 Å². The third-order valence-corrected chi connectivity index (χ3v) is 2.29. The highest BCUT2D eigenvalue weighted by Gasteiger charge is 2.11. The Morgan fingerprint density at radius 3 is 2.81 bits per heavy atom. The summed E-state index contributed by atoms with van der Waals surface area (Å²) in [4.78, 5) is 11.2. The number of fused-ring (bicyclic) bond motifs is 1. The summed E-state index contributed by atoms with van der Waals surface area (Å²) in [5.41, 5.74) is 0.814. The topological polar surface area (TPSA) is 30.7 Å². The van der Waals surface area contributed by atoms with Crippen molar-refractivity contribution in [2.45, 2.75) is 6.43 Å². The van der Waals surface area contributed by atoms with Crippen LogP contribution in [0.25, 0.3) is 5.52 Å². The van der Waals surface area contributed by atoms with Gasteiger partial charge in [0.2, 0.25) is 0 Å². The molecule has 0 fully saturated rings. The Labute approximate surface area is 90.3 Å². The van der Waals surface area contributed by atoms with Crippen LogP contribution in [0.2, 0.25) is 0 Å². The van der Waals surface area contributed by atoms with Crippen LogP contribution in [0.4, 0.5) is 8.78 Å². The van der Waals surface area contributed by atoms with Crippen molar-refractivity contribution < 1.29 is 18.3 Å². The summed E-state index contributed by atoms with van der Waals surface area (Å²) in [6, 6.07) is 4.17. The van der Waals surface area contributed by atoms with Crippen LogP contribution < -0.4 is 0 Å². The lowest BCUT2D eigenvalue weighted by atomic mass is 10.2. The number of ether oxygens (including phenoxy) is 1. The highest BCUT2D eigenvalue weighted by atomic mass is 19.3. The summed E-state index contributed by atoms with van der Waals surface area (Å²) in [5, 5.41) is 0. The van der Waals surface area contributed by atoms with Crippen LogP contribution in [0.5, 0.6) is 0 Å². The molecule has 3 nitrogen and oxygen atoms in total. The molecular weight excluding hydrogens is 216 g/mol. The van der Waals surface area contributed by atoms with Gasteiger partial charge < -0.3 is 9.14 Å². The van der Waals surface area contributed by atoms with Gasteiger partial charge in [0, 0.05) is 23.5 Å². The van der Waals surface area contributed by atoms with E-state index in [2.05, 4.69) is 4.74 Å². The SMILES string of the molecule is COC(=O)c1cc2cc(C(F)F)ccn2c1. The molecule has 0 N–H and O–H groups in total. The molecule has 0 atom stereocenters. The zero-order chi connectivity index (χ0) is 11.7. The minimum Gasteiger partial charge on any atom is -0.465 e. The molecule has 0 saturated heterocycles. The van der Waals surface area contributed by atoms with E-state index in [0.717, 1.165) is 0 Å². The first-order valence-corrected chi connectivity index (χ1v) is 4.60. The van der Waals surface area contributed by atoms with E-state index in [1.807, 2.05) is 0 Å². The largest absolute Gasteiger partial charge is 0.465 e. The third kappa shape index (κ3) is 1.76. The van der Waals surface area contributed by atoms with Crippen molar-refractivity contribution in [2.24, 2.45) is 0 Å². The maximum atomic E-state index is 12.4. The minimum atomic E-state index is -2.51. The lowest BCUT2D eigenvalue weighted by molar-refractivity contribution is 0.0601. The normalized spacial score (nSPS) is 11.0. The number of nitrogens with zero attached hydrogens (tertiary/aromatic N) is 1. The van der Waals surface area contributed by atoms with Crippen LogP contribution in [-0.2, 0) is 4.74 Å². The summed E-state index contributed by atoms with van der Waals surface area (Å²) in [5.74, 6) is -0.484. The van der Waals surface area contributed by atoms with Gasteiger partial charge in [0.1, 0.15) is 0 Å². The van der Waals surface area contributed by atoms with Gasteiger partial charge in [-0.05, 0) is 18.2 Å². The summed E-state index contributed by atoms with van der Waals surface area (Å²) in [7, 11) is 1.27. The van der Waals surface area contributed by atoms with Crippen molar-refractivity contribution in [1.82, 2.24) is 4.40 Å². The van der Waals surface area contributed by atoms with Crippen molar-refractivity contribution in [2.75, 3.05) is 7.11 Å². The molecule has 2 heterocycles. The zero-order valence-corrected chi connectivity index (χ0v) is 8.48. The van der Waals surface area contributed by atoms with Crippen LogP contribution in [-0.4, -0.2) is 17.5 Å². The van der Waals surface area contributed by atoms with E-state index in [0.29, 0.717) is 11.1 Å². The summed E-state index contributed by atoms with van der Waals surface area (Å²) >= 11 is 0. The highest BCUT2D eigenvalue weighted by Crippen LogP contribution is 2.21. The van der Waals surface area contributed by atoms with Crippen LogP contribution in [0.1, 0.15) is 22.3 Å². The minimum absolute atomic E-state index is 0.0676. The zero-order valence-electron chi connectivity index (χ0n) is 8.48. The molecule has 0 aliphatic heterocycles. The van der Waals surface area contributed by atoms with Crippen molar-refractivity contribution in [1.29, 1.82) is 0 Å². The number of methoxy groups -OCH3 is 1.